The van der Waals surface area contributed by atoms with Crippen LogP contribution in [0.2, 0.25) is 0 Å². The quantitative estimate of drug-likeness (QED) is 0.725. The van der Waals surface area contributed by atoms with Gasteiger partial charge in [-0.3, -0.25) is 4.79 Å². The molecule has 1 heterocycles. The molecule has 1 atom stereocenters. The van der Waals surface area contributed by atoms with E-state index in [9.17, 15) is 4.79 Å². The van der Waals surface area contributed by atoms with Gasteiger partial charge in [0.2, 0.25) is 5.91 Å². The standard InChI is InChI=1S/C12H23N3O/c1-9(13-2)12(16)14-10-5-7-15(8-6-10)11-3-4-11/h9-11,13H,3-8H2,1-2H3,(H,14,16). The normalized spacial score (nSPS) is 25.4. The van der Waals surface area contributed by atoms with Crippen LogP contribution in [0.3, 0.4) is 0 Å². The molecule has 2 N–H and O–H groups in total. The molecule has 1 unspecified atom stereocenters. The van der Waals surface area contributed by atoms with E-state index in [1.807, 2.05) is 14.0 Å². The fourth-order valence-corrected chi connectivity index (χ4v) is 2.31. The van der Waals surface area contributed by atoms with Crippen LogP contribution in [-0.4, -0.2) is 49.1 Å². The number of nitrogens with zero attached hydrogens (tertiary/aromatic N) is 1. The van der Waals surface area contributed by atoms with E-state index in [1.54, 1.807) is 0 Å². The SMILES string of the molecule is CNC(C)C(=O)NC1CCN(C2CC2)CC1. The topological polar surface area (TPSA) is 44.4 Å². The van der Waals surface area contributed by atoms with Crippen LogP contribution < -0.4 is 10.6 Å². The second kappa shape index (κ2) is 5.15. The molecule has 0 aromatic carbocycles. The van der Waals surface area contributed by atoms with Crippen molar-refractivity contribution in [2.45, 2.75) is 50.7 Å². The number of hydrogen-bond donors (Lipinski definition) is 2. The zero-order valence-electron chi connectivity index (χ0n) is 10.3. The van der Waals surface area contributed by atoms with E-state index in [1.165, 1.54) is 12.8 Å². The molecule has 0 aromatic rings. The number of piperidine rings is 1. The van der Waals surface area contributed by atoms with Gasteiger partial charge in [-0.1, -0.05) is 0 Å². The summed E-state index contributed by atoms with van der Waals surface area (Å²) >= 11 is 0. The number of carbonyl (C=O) groups excluding carboxylic acids is 1. The maximum Gasteiger partial charge on any atom is 0.237 e. The molecule has 2 aliphatic rings. The van der Waals surface area contributed by atoms with Crippen LogP contribution >= 0.6 is 0 Å². The minimum Gasteiger partial charge on any atom is -0.352 e. The number of amides is 1. The first-order chi connectivity index (χ1) is 7.70. The summed E-state index contributed by atoms with van der Waals surface area (Å²) in [5.74, 6) is 0.132. The first-order valence-corrected chi connectivity index (χ1v) is 6.42. The molecule has 2 fully saturated rings. The number of likely N-dealkylation sites (N-methyl/N-ethyl adjacent to an activating group) is 1. The summed E-state index contributed by atoms with van der Waals surface area (Å²) in [4.78, 5) is 14.3. The molecule has 1 aliphatic carbocycles. The van der Waals surface area contributed by atoms with Gasteiger partial charge in [0, 0.05) is 25.2 Å². The Hall–Kier alpha value is -0.610. The summed E-state index contributed by atoms with van der Waals surface area (Å²) in [6, 6.07) is 1.17. The number of nitrogens with one attached hydrogen (secondary N) is 2. The molecule has 1 amide bonds. The molecule has 1 saturated carbocycles. The van der Waals surface area contributed by atoms with Crippen molar-refractivity contribution in [2.75, 3.05) is 20.1 Å². The minimum atomic E-state index is -0.0820. The van der Waals surface area contributed by atoms with Crippen molar-refractivity contribution in [3.05, 3.63) is 0 Å². The molecular formula is C12H23N3O. The van der Waals surface area contributed by atoms with Gasteiger partial charge in [-0.25, -0.2) is 0 Å². The lowest BCUT2D eigenvalue weighted by Crippen LogP contribution is -2.49. The molecular weight excluding hydrogens is 202 g/mol. The van der Waals surface area contributed by atoms with Crippen molar-refractivity contribution >= 4 is 5.91 Å². The number of rotatable bonds is 4. The van der Waals surface area contributed by atoms with Gasteiger partial charge in [-0.2, -0.15) is 0 Å². The third-order valence-corrected chi connectivity index (χ3v) is 3.77. The average molecular weight is 225 g/mol. The van der Waals surface area contributed by atoms with Gasteiger partial charge < -0.3 is 15.5 Å². The molecule has 0 radical (unpaired) electrons. The molecule has 0 bridgehead atoms. The molecule has 4 nitrogen and oxygen atoms in total. The van der Waals surface area contributed by atoms with Crippen LogP contribution in [0.4, 0.5) is 0 Å². The summed E-state index contributed by atoms with van der Waals surface area (Å²) in [5.41, 5.74) is 0. The Morgan fingerprint density at radius 1 is 1.25 bits per heavy atom. The van der Waals surface area contributed by atoms with Crippen molar-refractivity contribution in [1.82, 2.24) is 15.5 Å². The number of carbonyl (C=O) groups is 1. The van der Waals surface area contributed by atoms with Gasteiger partial charge in [0.15, 0.2) is 0 Å². The first-order valence-electron chi connectivity index (χ1n) is 6.42. The fraction of sp³-hybridized carbons (Fsp3) is 0.917. The van der Waals surface area contributed by atoms with Crippen LogP contribution in [0, 0.1) is 0 Å². The average Bonchev–Trinajstić information content (AvgIpc) is 3.13. The van der Waals surface area contributed by atoms with Crippen LogP contribution in [0.25, 0.3) is 0 Å². The summed E-state index contributed by atoms with van der Waals surface area (Å²) in [7, 11) is 1.82. The van der Waals surface area contributed by atoms with Gasteiger partial charge in [0.25, 0.3) is 0 Å². The van der Waals surface area contributed by atoms with Crippen LogP contribution in [0.1, 0.15) is 32.6 Å². The van der Waals surface area contributed by atoms with Crippen LogP contribution in [-0.2, 0) is 4.79 Å². The zero-order valence-corrected chi connectivity index (χ0v) is 10.3. The highest BCUT2D eigenvalue weighted by Crippen LogP contribution is 2.29. The molecule has 1 aliphatic heterocycles. The van der Waals surface area contributed by atoms with Crippen LogP contribution in [0.15, 0.2) is 0 Å². The van der Waals surface area contributed by atoms with Crippen molar-refractivity contribution in [3.63, 3.8) is 0 Å². The third-order valence-electron chi connectivity index (χ3n) is 3.77. The molecule has 1 saturated heterocycles. The van der Waals surface area contributed by atoms with E-state index in [4.69, 9.17) is 0 Å². The maximum absolute atomic E-state index is 11.7. The van der Waals surface area contributed by atoms with Gasteiger partial charge in [0.05, 0.1) is 6.04 Å². The van der Waals surface area contributed by atoms with E-state index < -0.39 is 0 Å². The molecule has 4 heteroatoms. The highest BCUT2D eigenvalue weighted by atomic mass is 16.2. The summed E-state index contributed by atoms with van der Waals surface area (Å²) in [6.45, 7) is 4.21. The summed E-state index contributed by atoms with van der Waals surface area (Å²) in [5, 5.41) is 6.09. The molecule has 0 spiro atoms. The van der Waals surface area contributed by atoms with Gasteiger partial charge in [-0.15, -0.1) is 0 Å². The Bertz CT molecular complexity index is 245. The zero-order chi connectivity index (χ0) is 11.5. The molecule has 16 heavy (non-hydrogen) atoms. The predicted octanol–water partition coefficient (Wildman–Crippen LogP) is 0.337. The predicted molar refractivity (Wildman–Crippen MR) is 64.3 cm³/mol. The smallest absolute Gasteiger partial charge is 0.237 e. The Labute approximate surface area is 97.8 Å². The van der Waals surface area contributed by atoms with Crippen molar-refractivity contribution in [2.24, 2.45) is 0 Å². The summed E-state index contributed by atoms with van der Waals surface area (Å²) < 4.78 is 0. The van der Waals surface area contributed by atoms with Gasteiger partial charge in [-0.05, 0) is 39.7 Å². The Morgan fingerprint density at radius 3 is 2.38 bits per heavy atom. The van der Waals surface area contributed by atoms with E-state index in [-0.39, 0.29) is 11.9 Å². The lowest BCUT2D eigenvalue weighted by molar-refractivity contribution is -0.123. The van der Waals surface area contributed by atoms with Gasteiger partial charge >= 0.3 is 0 Å². The lowest BCUT2D eigenvalue weighted by Gasteiger charge is -2.32. The highest BCUT2D eigenvalue weighted by molar-refractivity contribution is 5.81. The second-order valence-corrected chi connectivity index (χ2v) is 5.06. The van der Waals surface area contributed by atoms with E-state index in [2.05, 4.69) is 15.5 Å². The number of likely N-dealkylation sites (tertiary alicyclic amines) is 1. The summed E-state index contributed by atoms with van der Waals surface area (Å²) in [6.07, 6.45) is 4.99. The fourth-order valence-electron chi connectivity index (χ4n) is 2.31. The van der Waals surface area contributed by atoms with E-state index in [0.717, 1.165) is 32.0 Å². The maximum atomic E-state index is 11.7. The number of hydrogen-bond acceptors (Lipinski definition) is 3. The Morgan fingerprint density at radius 2 is 1.88 bits per heavy atom. The van der Waals surface area contributed by atoms with Crippen molar-refractivity contribution < 1.29 is 4.79 Å². The van der Waals surface area contributed by atoms with Crippen molar-refractivity contribution in [1.29, 1.82) is 0 Å². The van der Waals surface area contributed by atoms with Crippen molar-refractivity contribution in [3.8, 4) is 0 Å². The van der Waals surface area contributed by atoms with Gasteiger partial charge in [0.1, 0.15) is 0 Å². The first kappa shape index (κ1) is 11.9. The van der Waals surface area contributed by atoms with E-state index in [0.29, 0.717) is 6.04 Å². The highest BCUT2D eigenvalue weighted by Gasteiger charge is 2.32. The molecule has 2 rings (SSSR count). The monoisotopic (exact) mass is 225 g/mol. The lowest BCUT2D eigenvalue weighted by atomic mass is 10.0. The Balaban J connectivity index is 1.70. The van der Waals surface area contributed by atoms with Crippen LogP contribution in [0.5, 0.6) is 0 Å². The Kier molecular flexibility index (Phi) is 3.82. The second-order valence-electron chi connectivity index (χ2n) is 5.06. The third kappa shape index (κ3) is 2.95. The van der Waals surface area contributed by atoms with E-state index >= 15 is 0 Å². The molecule has 0 aromatic heterocycles. The minimum absolute atomic E-state index is 0.0820. The molecule has 92 valence electrons. The largest absolute Gasteiger partial charge is 0.352 e.